The van der Waals surface area contributed by atoms with Gasteiger partial charge in [-0.3, -0.25) is 0 Å². The molecule has 0 saturated heterocycles. The fraction of sp³-hybridized carbons (Fsp3) is 0.231. The molecule has 0 aliphatic carbocycles. The Bertz CT molecular complexity index is 641. The fourth-order valence-electron chi connectivity index (χ4n) is 1.66. The molecule has 96 valence electrons. The summed E-state index contributed by atoms with van der Waals surface area (Å²) in [5, 5.41) is 8.86. The van der Waals surface area contributed by atoms with E-state index in [9.17, 15) is 8.42 Å². The second kappa shape index (κ2) is 4.96. The van der Waals surface area contributed by atoms with Crippen LogP contribution in [0.5, 0.6) is 0 Å². The van der Waals surface area contributed by atoms with Crippen LogP contribution < -0.4 is 0 Å². The summed E-state index contributed by atoms with van der Waals surface area (Å²) < 4.78 is 29.4. The number of aliphatic hydroxyl groups excluding tert-OH is 1. The van der Waals surface area contributed by atoms with Crippen molar-refractivity contribution in [3.8, 4) is 0 Å². The summed E-state index contributed by atoms with van der Waals surface area (Å²) in [6.45, 7) is 1.61. The second-order valence-corrected chi connectivity index (χ2v) is 6.09. The van der Waals surface area contributed by atoms with Crippen molar-refractivity contribution in [2.45, 2.75) is 24.2 Å². The average molecular weight is 266 g/mol. The number of aryl methyl sites for hydroxylation is 1. The molecule has 0 radical (unpaired) electrons. The van der Waals surface area contributed by atoms with E-state index in [-0.39, 0.29) is 17.3 Å². The normalized spacial score (nSPS) is 11.7. The van der Waals surface area contributed by atoms with Gasteiger partial charge in [0.1, 0.15) is 23.9 Å². The molecule has 1 aromatic carbocycles. The van der Waals surface area contributed by atoms with E-state index in [1.807, 2.05) is 13.0 Å². The molecule has 0 unspecified atom stereocenters. The Balaban J connectivity index is 2.27. The Kier molecular flexibility index (Phi) is 3.54. The predicted octanol–water partition coefficient (Wildman–Crippen LogP) is 2.05. The number of benzene rings is 1. The maximum Gasteiger partial charge on any atom is 0.185 e. The third-order valence-electron chi connectivity index (χ3n) is 2.55. The van der Waals surface area contributed by atoms with E-state index >= 15 is 0 Å². The van der Waals surface area contributed by atoms with Crippen LogP contribution in [0.25, 0.3) is 0 Å². The highest BCUT2D eigenvalue weighted by atomic mass is 32.2. The van der Waals surface area contributed by atoms with Crippen molar-refractivity contribution in [2.75, 3.05) is 0 Å². The van der Waals surface area contributed by atoms with Gasteiger partial charge in [0, 0.05) is 0 Å². The van der Waals surface area contributed by atoms with Crippen LogP contribution >= 0.6 is 0 Å². The molecule has 1 heterocycles. The van der Waals surface area contributed by atoms with Crippen LogP contribution in [0.4, 0.5) is 0 Å². The first-order chi connectivity index (χ1) is 8.51. The van der Waals surface area contributed by atoms with Gasteiger partial charge < -0.3 is 9.52 Å². The average Bonchev–Trinajstić information content (AvgIpc) is 2.76. The largest absolute Gasteiger partial charge is 0.463 e. The van der Waals surface area contributed by atoms with Gasteiger partial charge in [-0.15, -0.1) is 0 Å². The molecule has 0 aliphatic rings. The minimum Gasteiger partial charge on any atom is -0.463 e. The van der Waals surface area contributed by atoms with Gasteiger partial charge in [-0.1, -0.05) is 12.1 Å². The third kappa shape index (κ3) is 2.80. The van der Waals surface area contributed by atoms with Crippen molar-refractivity contribution < 1.29 is 17.9 Å². The predicted molar refractivity (Wildman–Crippen MR) is 66.7 cm³/mol. The summed E-state index contributed by atoms with van der Waals surface area (Å²) in [5.41, 5.74) is 0.895. The van der Waals surface area contributed by atoms with E-state index in [0.717, 1.165) is 5.56 Å². The van der Waals surface area contributed by atoms with Crippen molar-refractivity contribution in [3.63, 3.8) is 0 Å². The molecule has 0 bridgehead atoms. The molecule has 0 amide bonds. The smallest absolute Gasteiger partial charge is 0.185 e. The van der Waals surface area contributed by atoms with E-state index < -0.39 is 9.84 Å². The summed E-state index contributed by atoms with van der Waals surface area (Å²) in [6.07, 6.45) is 0. The number of aliphatic hydroxyl groups is 1. The van der Waals surface area contributed by atoms with Gasteiger partial charge in [-0.25, -0.2) is 8.42 Å². The van der Waals surface area contributed by atoms with Crippen LogP contribution in [-0.2, 0) is 22.2 Å². The minimum atomic E-state index is -3.41. The molecule has 0 saturated carbocycles. The summed E-state index contributed by atoms with van der Waals surface area (Å²) in [7, 11) is -3.41. The van der Waals surface area contributed by atoms with E-state index in [1.54, 1.807) is 30.3 Å². The first-order valence-corrected chi connectivity index (χ1v) is 7.14. The quantitative estimate of drug-likeness (QED) is 0.919. The first kappa shape index (κ1) is 12.9. The van der Waals surface area contributed by atoms with E-state index in [1.165, 1.54) is 0 Å². The Hall–Kier alpha value is -1.59. The number of furan rings is 1. The lowest BCUT2D eigenvalue weighted by Gasteiger charge is -2.03. The molecule has 2 rings (SSSR count). The summed E-state index contributed by atoms with van der Waals surface area (Å²) in [5.74, 6) is 0.501. The van der Waals surface area contributed by atoms with Crippen LogP contribution in [0.3, 0.4) is 0 Å². The van der Waals surface area contributed by atoms with Crippen LogP contribution in [0.15, 0.2) is 45.7 Å². The molecule has 0 spiro atoms. The molecular weight excluding hydrogens is 252 g/mol. The van der Waals surface area contributed by atoms with Crippen molar-refractivity contribution in [1.82, 2.24) is 0 Å². The molecular formula is C13H14O4S. The minimum absolute atomic E-state index is 0.198. The first-order valence-electron chi connectivity index (χ1n) is 5.49. The van der Waals surface area contributed by atoms with Crippen molar-refractivity contribution in [2.24, 2.45) is 0 Å². The zero-order valence-corrected chi connectivity index (χ0v) is 10.8. The lowest BCUT2D eigenvalue weighted by molar-refractivity contribution is 0.244. The lowest BCUT2D eigenvalue weighted by Crippen LogP contribution is -2.04. The number of hydrogen-bond acceptors (Lipinski definition) is 4. The monoisotopic (exact) mass is 266 g/mol. The van der Waals surface area contributed by atoms with Gasteiger partial charge in [0.15, 0.2) is 9.84 Å². The molecule has 4 nitrogen and oxygen atoms in total. The molecule has 1 N–H and O–H groups in total. The van der Waals surface area contributed by atoms with Crippen LogP contribution in [0.1, 0.15) is 17.1 Å². The molecule has 0 aliphatic heterocycles. The lowest BCUT2D eigenvalue weighted by atomic mass is 10.2. The van der Waals surface area contributed by atoms with Gasteiger partial charge >= 0.3 is 0 Å². The Morgan fingerprint density at radius 1 is 1.17 bits per heavy atom. The molecule has 0 atom stereocenters. The van der Waals surface area contributed by atoms with Gasteiger partial charge in [0.05, 0.1) is 4.90 Å². The van der Waals surface area contributed by atoms with Gasteiger partial charge in [0.25, 0.3) is 0 Å². The van der Waals surface area contributed by atoms with Crippen molar-refractivity contribution >= 4 is 9.84 Å². The van der Waals surface area contributed by atoms with E-state index in [4.69, 9.17) is 9.52 Å². The highest BCUT2D eigenvalue weighted by molar-refractivity contribution is 7.90. The third-order valence-corrected chi connectivity index (χ3v) is 4.19. The second-order valence-electron chi connectivity index (χ2n) is 4.10. The summed E-state index contributed by atoms with van der Waals surface area (Å²) in [4.78, 5) is 0.282. The number of hydrogen-bond donors (Lipinski definition) is 1. The number of rotatable bonds is 4. The van der Waals surface area contributed by atoms with Crippen LogP contribution in [0, 0.1) is 6.92 Å². The van der Waals surface area contributed by atoms with Gasteiger partial charge in [-0.2, -0.15) is 0 Å². The van der Waals surface area contributed by atoms with Crippen molar-refractivity contribution in [1.29, 1.82) is 0 Å². The Labute approximate surface area is 106 Å². The Morgan fingerprint density at radius 2 is 1.89 bits per heavy atom. The molecule has 1 aromatic heterocycles. The SMILES string of the molecule is Cc1cccc(S(=O)(=O)Cc2ccc(CO)o2)c1. The fourth-order valence-corrected chi connectivity index (χ4v) is 3.01. The molecule has 5 heteroatoms. The molecule has 18 heavy (non-hydrogen) atoms. The van der Waals surface area contributed by atoms with Crippen LogP contribution in [0.2, 0.25) is 0 Å². The summed E-state index contributed by atoms with van der Waals surface area (Å²) >= 11 is 0. The standard InChI is InChI=1S/C13H14O4S/c1-10-3-2-4-13(7-10)18(15,16)9-12-6-5-11(8-14)17-12/h2-7,14H,8-9H2,1H3. The zero-order chi connectivity index (χ0) is 13.2. The highest BCUT2D eigenvalue weighted by Crippen LogP contribution is 2.19. The maximum atomic E-state index is 12.1. The maximum absolute atomic E-state index is 12.1. The zero-order valence-electron chi connectivity index (χ0n) is 9.96. The van der Waals surface area contributed by atoms with Crippen LogP contribution in [-0.4, -0.2) is 13.5 Å². The molecule has 0 fully saturated rings. The Morgan fingerprint density at radius 3 is 2.50 bits per heavy atom. The number of sulfone groups is 1. The summed E-state index contributed by atoms with van der Waals surface area (Å²) in [6, 6.07) is 9.89. The van der Waals surface area contributed by atoms with Crippen molar-refractivity contribution in [3.05, 3.63) is 53.5 Å². The van der Waals surface area contributed by atoms with E-state index in [2.05, 4.69) is 0 Å². The highest BCUT2D eigenvalue weighted by Gasteiger charge is 2.17. The van der Waals surface area contributed by atoms with Gasteiger partial charge in [-0.05, 0) is 36.8 Å². The topological polar surface area (TPSA) is 67.5 Å². The van der Waals surface area contributed by atoms with E-state index in [0.29, 0.717) is 11.5 Å². The van der Waals surface area contributed by atoms with Gasteiger partial charge in [0.2, 0.25) is 0 Å². The molecule has 2 aromatic rings.